The van der Waals surface area contributed by atoms with E-state index >= 15 is 0 Å². The summed E-state index contributed by atoms with van der Waals surface area (Å²) in [6, 6.07) is 7.49. The van der Waals surface area contributed by atoms with Crippen molar-refractivity contribution in [3.63, 3.8) is 0 Å². The van der Waals surface area contributed by atoms with Crippen LogP contribution in [0.2, 0.25) is 0 Å². The summed E-state index contributed by atoms with van der Waals surface area (Å²) >= 11 is 3.40. The molecule has 4 heterocycles. The number of ether oxygens (including phenoxy) is 2. The first-order chi connectivity index (χ1) is 17.3. The van der Waals surface area contributed by atoms with Crippen LogP contribution in [-0.4, -0.2) is 53.6 Å². The SMILES string of the molecule is Nc1nc2cc(O[C@H]3CC[C@@]4(O)[C@@H]3O[C@@H](n3cc(C5CC5)c5c(N)ncnc53)[C@@H]4O)ccc2cc1Br. The molecule has 1 aromatic carbocycles. The first-order valence-corrected chi connectivity index (χ1v) is 12.8. The van der Waals surface area contributed by atoms with Gasteiger partial charge in [-0.25, -0.2) is 15.0 Å². The second-order valence-corrected chi connectivity index (χ2v) is 10.9. The van der Waals surface area contributed by atoms with Crippen LogP contribution < -0.4 is 16.2 Å². The molecular formula is C25H25BrN6O4. The highest BCUT2D eigenvalue weighted by molar-refractivity contribution is 9.10. The zero-order chi connectivity index (χ0) is 24.8. The van der Waals surface area contributed by atoms with Gasteiger partial charge in [0.1, 0.15) is 53.3 Å². The van der Waals surface area contributed by atoms with Crippen LogP contribution in [-0.2, 0) is 4.74 Å². The summed E-state index contributed by atoms with van der Waals surface area (Å²) < 4.78 is 15.2. The van der Waals surface area contributed by atoms with E-state index in [0.29, 0.717) is 47.3 Å². The van der Waals surface area contributed by atoms with Crippen molar-refractivity contribution in [3.8, 4) is 5.75 Å². The Hall–Kier alpha value is -2.99. The quantitative estimate of drug-likeness (QED) is 0.299. The summed E-state index contributed by atoms with van der Waals surface area (Å²) in [6.45, 7) is 0. The van der Waals surface area contributed by atoms with Crippen LogP contribution in [0.25, 0.3) is 21.9 Å². The Morgan fingerprint density at radius 2 is 1.97 bits per heavy atom. The highest BCUT2D eigenvalue weighted by atomic mass is 79.9. The maximum absolute atomic E-state index is 11.5. The summed E-state index contributed by atoms with van der Waals surface area (Å²) in [5.74, 6) is 1.80. The second-order valence-electron chi connectivity index (χ2n) is 10.0. The number of nitrogen functional groups attached to an aromatic ring is 2. The van der Waals surface area contributed by atoms with Crippen molar-refractivity contribution in [2.45, 2.75) is 61.7 Å². The number of pyridine rings is 1. The minimum absolute atomic E-state index is 0.345. The van der Waals surface area contributed by atoms with Crippen molar-refractivity contribution in [2.24, 2.45) is 0 Å². The van der Waals surface area contributed by atoms with Crippen LogP contribution in [0.15, 0.2) is 41.3 Å². The van der Waals surface area contributed by atoms with Crippen molar-refractivity contribution in [2.75, 3.05) is 11.5 Å². The van der Waals surface area contributed by atoms with Crippen molar-refractivity contribution in [1.29, 1.82) is 0 Å². The summed E-state index contributed by atoms with van der Waals surface area (Å²) in [6.07, 6.45) is 3.22. The maximum atomic E-state index is 11.5. The van der Waals surface area contributed by atoms with E-state index in [1.807, 2.05) is 30.5 Å². The average Bonchev–Trinajstić information content (AvgIpc) is 3.49. The van der Waals surface area contributed by atoms with Crippen molar-refractivity contribution in [3.05, 3.63) is 46.8 Å². The van der Waals surface area contributed by atoms with Crippen molar-refractivity contribution >= 4 is 49.5 Å². The number of aliphatic hydroxyl groups excluding tert-OH is 1. The fourth-order valence-corrected chi connectivity index (χ4v) is 6.08. The summed E-state index contributed by atoms with van der Waals surface area (Å²) in [4.78, 5) is 13.0. The molecule has 7 rings (SSSR count). The molecule has 6 N–H and O–H groups in total. The molecule has 0 unspecified atom stereocenters. The number of nitrogens with two attached hydrogens (primary N) is 2. The van der Waals surface area contributed by atoms with Gasteiger partial charge in [-0.2, -0.15) is 0 Å². The lowest BCUT2D eigenvalue weighted by Gasteiger charge is -2.26. The minimum atomic E-state index is -1.45. The number of benzene rings is 1. The molecule has 2 saturated carbocycles. The van der Waals surface area contributed by atoms with Gasteiger partial charge >= 0.3 is 0 Å². The molecule has 1 aliphatic heterocycles. The molecule has 11 heteroatoms. The number of aliphatic hydroxyl groups is 2. The standard InChI is InChI=1S/C25H25BrN6O4/c26-15-7-12-3-4-13(8-16(12)31-21(15)27)35-17-5-6-25(34)19(33)24(36-20(17)25)32-9-14(11-1-2-11)18-22(28)29-10-30-23(18)32/h3-4,7-11,17,19-20,24,33-34H,1-2,5-6H2,(H2,27,31)(H2,28,29,30)/t17-,19-,20+,24+,25-/m0/s1. The zero-order valence-electron chi connectivity index (χ0n) is 19.2. The summed E-state index contributed by atoms with van der Waals surface area (Å²) in [5.41, 5.74) is 13.1. The topological polar surface area (TPSA) is 155 Å². The normalized spacial score (nSPS) is 29.8. The number of aromatic nitrogens is 4. The number of hydrogen-bond donors (Lipinski definition) is 4. The fourth-order valence-electron chi connectivity index (χ4n) is 5.74. The van der Waals surface area contributed by atoms with Gasteiger partial charge in [-0.15, -0.1) is 0 Å². The van der Waals surface area contributed by atoms with Crippen molar-refractivity contribution < 1.29 is 19.7 Å². The highest BCUT2D eigenvalue weighted by Gasteiger charge is 2.63. The molecule has 4 aromatic rings. The van der Waals surface area contributed by atoms with Gasteiger partial charge in [0.15, 0.2) is 6.23 Å². The Morgan fingerprint density at radius 3 is 2.78 bits per heavy atom. The molecule has 2 aliphatic carbocycles. The van der Waals surface area contributed by atoms with Gasteiger partial charge in [0.25, 0.3) is 0 Å². The predicted molar refractivity (Wildman–Crippen MR) is 136 cm³/mol. The predicted octanol–water partition coefficient (Wildman–Crippen LogP) is 3.01. The van der Waals surface area contributed by atoms with E-state index in [4.69, 9.17) is 20.9 Å². The molecular weight excluding hydrogens is 528 g/mol. The van der Waals surface area contributed by atoms with E-state index in [1.165, 1.54) is 6.33 Å². The van der Waals surface area contributed by atoms with E-state index in [0.717, 1.165) is 33.7 Å². The number of nitrogens with zero attached hydrogens (tertiary/aromatic N) is 4. The number of anilines is 2. The fraction of sp³-hybridized carbons (Fsp3) is 0.400. The van der Waals surface area contributed by atoms with Gasteiger partial charge in [-0.3, -0.25) is 0 Å². The van der Waals surface area contributed by atoms with E-state index in [-0.39, 0.29) is 0 Å². The Labute approximate surface area is 214 Å². The molecule has 5 atom stereocenters. The smallest absolute Gasteiger partial charge is 0.164 e. The van der Waals surface area contributed by atoms with Crippen LogP contribution >= 0.6 is 15.9 Å². The van der Waals surface area contributed by atoms with Crippen LogP contribution in [0.4, 0.5) is 11.6 Å². The minimum Gasteiger partial charge on any atom is -0.488 e. The molecule has 1 saturated heterocycles. The number of halogens is 1. The Morgan fingerprint density at radius 1 is 1.14 bits per heavy atom. The van der Waals surface area contributed by atoms with Gasteiger partial charge < -0.3 is 35.7 Å². The number of hydrogen-bond acceptors (Lipinski definition) is 9. The molecule has 0 spiro atoms. The third-order valence-electron chi connectivity index (χ3n) is 7.74. The lowest BCUT2D eigenvalue weighted by atomic mass is 9.94. The van der Waals surface area contributed by atoms with E-state index in [1.54, 1.807) is 4.57 Å². The monoisotopic (exact) mass is 552 g/mol. The Balaban J connectivity index is 1.20. The third-order valence-corrected chi connectivity index (χ3v) is 8.38. The molecule has 3 aliphatic rings. The summed E-state index contributed by atoms with van der Waals surface area (Å²) in [5, 5.41) is 24.5. The van der Waals surface area contributed by atoms with E-state index < -0.39 is 30.1 Å². The summed E-state index contributed by atoms with van der Waals surface area (Å²) in [7, 11) is 0. The van der Waals surface area contributed by atoms with Crippen LogP contribution in [0.3, 0.4) is 0 Å². The Kier molecular flexibility index (Phi) is 4.79. The molecule has 186 valence electrons. The third kappa shape index (κ3) is 3.23. The van der Waals surface area contributed by atoms with Crippen LogP contribution in [0.5, 0.6) is 5.75 Å². The number of fused-ring (bicyclic) bond motifs is 3. The molecule has 3 aromatic heterocycles. The first kappa shape index (κ1) is 22.2. The maximum Gasteiger partial charge on any atom is 0.164 e. The average molecular weight is 553 g/mol. The van der Waals surface area contributed by atoms with E-state index in [9.17, 15) is 10.2 Å². The number of rotatable bonds is 4. The van der Waals surface area contributed by atoms with Crippen molar-refractivity contribution in [1.82, 2.24) is 19.5 Å². The van der Waals surface area contributed by atoms with Gasteiger partial charge in [0.2, 0.25) is 0 Å². The van der Waals surface area contributed by atoms with Gasteiger partial charge in [0, 0.05) is 17.6 Å². The molecule has 36 heavy (non-hydrogen) atoms. The molecule has 3 fully saturated rings. The van der Waals surface area contributed by atoms with Crippen LogP contribution in [0.1, 0.15) is 43.4 Å². The molecule has 0 amide bonds. The highest BCUT2D eigenvalue weighted by Crippen LogP contribution is 2.50. The largest absolute Gasteiger partial charge is 0.488 e. The van der Waals surface area contributed by atoms with Gasteiger partial charge in [-0.05, 0) is 71.3 Å². The zero-order valence-corrected chi connectivity index (χ0v) is 20.8. The van der Waals surface area contributed by atoms with Gasteiger partial charge in [0.05, 0.1) is 15.4 Å². The molecule has 0 radical (unpaired) electrons. The molecule has 0 bridgehead atoms. The lowest BCUT2D eigenvalue weighted by molar-refractivity contribution is -0.0791. The first-order valence-electron chi connectivity index (χ1n) is 12.0. The Bertz CT molecular complexity index is 1520. The van der Waals surface area contributed by atoms with Gasteiger partial charge in [-0.1, -0.05) is 0 Å². The molecule has 10 nitrogen and oxygen atoms in total. The van der Waals surface area contributed by atoms with E-state index in [2.05, 4.69) is 30.9 Å². The second kappa shape index (κ2) is 7.75. The lowest BCUT2D eigenvalue weighted by Crippen LogP contribution is -2.47. The van der Waals surface area contributed by atoms with Crippen LogP contribution in [0, 0.1) is 0 Å².